The summed E-state index contributed by atoms with van der Waals surface area (Å²) in [5.41, 5.74) is 2.14. The molecule has 0 radical (unpaired) electrons. The van der Waals surface area contributed by atoms with Crippen LogP contribution in [0.3, 0.4) is 0 Å². The summed E-state index contributed by atoms with van der Waals surface area (Å²) in [6.45, 7) is 8.26. The minimum Gasteiger partial charge on any atom is -0.338 e. The Morgan fingerprint density at radius 2 is 2.15 bits per heavy atom. The van der Waals surface area contributed by atoms with Crippen molar-refractivity contribution in [2.24, 2.45) is 5.92 Å². The largest absolute Gasteiger partial charge is 0.338 e. The van der Waals surface area contributed by atoms with Gasteiger partial charge in [-0.3, -0.25) is 4.79 Å². The maximum atomic E-state index is 12.8. The lowest BCUT2D eigenvalue weighted by atomic mass is 10.1. The number of carbonyl (C=O) groups is 1. The fourth-order valence-corrected chi connectivity index (χ4v) is 5.84. The van der Waals surface area contributed by atoms with Crippen LogP contribution in [0.4, 0.5) is 0 Å². The number of pyridine rings is 1. The molecule has 6 nitrogen and oxygen atoms in total. The lowest BCUT2D eigenvalue weighted by Crippen LogP contribution is -2.44. The third-order valence-corrected chi connectivity index (χ3v) is 7.00. The minimum absolute atomic E-state index is 0.0430. The number of hydrogen-bond acceptors (Lipinski definition) is 6. The normalized spacial score (nSPS) is 18.7. The van der Waals surface area contributed by atoms with Gasteiger partial charge in [0.05, 0.1) is 22.8 Å². The van der Waals surface area contributed by atoms with Crippen molar-refractivity contribution in [3.05, 3.63) is 22.9 Å². The van der Waals surface area contributed by atoms with E-state index in [0.29, 0.717) is 23.6 Å². The Morgan fingerprint density at radius 3 is 2.69 bits per heavy atom. The van der Waals surface area contributed by atoms with Gasteiger partial charge < -0.3 is 4.90 Å². The van der Waals surface area contributed by atoms with Gasteiger partial charge in [-0.1, -0.05) is 25.6 Å². The monoisotopic (exact) mass is 395 g/mol. The van der Waals surface area contributed by atoms with Crippen molar-refractivity contribution in [3.8, 4) is 6.07 Å². The lowest BCUT2D eigenvalue weighted by Gasteiger charge is -2.30. The van der Waals surface area contributed by atoms with Crippen LogP contribution in [0.15, 0.2) is 11.1 Å². The molecule has 1 aromatic rings. The zero-order chi connectivity index (χ0) is 19.5. The van der Waals surface area contributed by atoms with E-state index < -0.39 is 9.84 Å². The molecule has 1 aliphatic rings. The van der Waals surface area contributed by atoms with E-state index in [4.69, 9.17) is 0 Å². The van der Waals surface area contributed by atoms with Gasteiger partial charge in [-0.25, -0.2) is 13.4 Å². The van der Waals surface area contributed by atoms with Gasteiger partial charge in [0.15, 0.2) is 9.84 Å². The maximum absolute atomic E-state index is 12.8. The molecule has 0 saturated carbocycles. The second-order valence-electron chi connectivity index (χ2n) is 7.16. The number of aromatic nitrogens is 1. The van der Waals surface area contributed by atoms with Crippen LogP contribution in [0.2, 0.25) is 0 Å². The highest BCUT2D eigenvalue weighted by Gasteiger charge is 2.34. The van der Waals surface area contributed by atoms with Crippen LogP contribution in [0.5, 0.6) is 0 Å². The van der Waals surface area contributed by atoms with Gasteiger partial charge in [0.25, 0.3) is 0 Å². The summed E-state index contributed by atoms with van der Waals surface area (Å²) in [5.74, 6) is 0.482. The second kappa shape index (κ2) is 8.40. The molecule has 1 amide bonds. The molecule has 1 atom stereocenters. The molecule has 1 saturated heterocycles. The number of sulfone groups is 1. The van der Waals surface area contributed by atoms with Gasteiger partial charge in [-0.2, -0.15) is 5.26 Å². The summed E-state index contributed by atoms with van der Waals surface area (Å²) in [6, 6.07) is 3.75. The molecule has 1 fully saturated rings. The molecular formula is C18H25N3O3S2. The van der Waals surface area contributed by atoms with Crippen LogP contribution in [0, 0.1) is 31.1 Å². The van der Waals surface area contributed by atoms with Gasteiger partial charge in [-0.15, -0.1) is 0 Å². The Hall–Kier alpha value is -1.59. The Bertz CT molecular complexity index is 829. The van der Waals surface area contributed by atoms with E-state index in [9.17, 15) is 18.5 Å². The van der Waals surface area contributed by atoms with E-state index >= 15 is 0 Å². The molecule has 142 valence electrons. The number of nitrogens with zero attached hydrogens (tertiary/aromatic N) is 3. The van der Waals surface area contributed by atoms with E-state index in [2.05, 4.69) is 11.1 Å². The van der Waals surface area contributed by atoms with Crippen molar-refractivity contribution in [1.82, 2.24) is 9.88 Å². The van der Waals surface area contributed by atoms with Gasteiger partial charge >= 0.3 is 0 Å². The molecular weight excluding hydrogens is 370 g/mol. The molecule has 0 spiro atoms. The first kappa shape index (κ1) is 20.7. The first-order valence-corrected chi connectivity index (χ1v) is 11.4. The highest BCUT2D eigenvalue weighted by atomic mass is 32.2. The van der Waals surface area contributed by atoms with Gasteiger partial charge in [-0.05, 0) is 37.8 Å². The number of hydrogen-bond donors (Lipinski definition) is 0. The number of carbonyl (C=O) groups excluding carboxylic acids is 1. The molecule has 0 bridgehead atoms. The fraction of sp³-hybridized carbons (Fsp3) is 0.611. The lowest BCUT2D eigenvalue weighted by molar-refractivity contribution is -0.130. The standard InChI is InChI=1S/C18H25N3O3S2/c1-12(2)9-21(15-5-6-26(23,24)11-15)17(22)10-25-18-16(8-19)13(3)7-14(4)20-18/h7,12,15H,5-6,9-11H2,1-4H3/t15-/m0/s1. The zero-order valence-corrected chi connectivity index (χ0v) is 17.3. The smallest absolute Gasteiger partial charge is 0.233 e. The topological polar surface area (TPSA) is 91.1 Å². The molecule has 26 heavy (non-hydrogen) atoms. The van der Waals surface area contributed by atoms with E-state index in [-0.39, 0.29) is 35.1 Å². The summed E-state index contributed by atoms with van der Waals surface area (Å²) in [4.78, 5) is 18.9. The van der Waals surface area contributed by atoms with Gasteiger partial charge in [0.2, 0.25) is 5.91 Å². The minimum atomic E-state index is -3.05. The summed E-state index contributed by atoms with van der Waals surface area (Å²) in [7, 11) is -3.05. The van der Waals surface area contributed by atoms with Crippen molar-refractivity contribution in [2.45, 2.75) is 45.2 Å². The summed E-state index contributed by atoms with van der Waals surface area (Å²) < 4.78 is 23.6. The summed E-state index contributed by atoms with van der Waals surface area (Å²) >= 11 is 1.25. The molecule has 0 N–H and O–H groups in total. The van der Waals surface area contributed by atoms with Crippen molar-refractivity contribution >= 4 is 27.5 Å². The van der Waals surface area contributed by atoms with Crippen LogP contribution in [0.1, 0.15) is 37.1 Å². The van der Waals surface area contributed by atoms with Crippen LogP contribution < -0.4 is 0 Å². The van der Waals surface area contributed by atoms with Crippen LogP contribution in [-0.2, 0) is 14.6 Å². The SMILES string of the molecule is Cc1cc(C)c(C#N)c(SCC(=O)N(CC(C)C)[C@H]2CCS(=O)(=O)C2)n1. The van der Waals surface area contributed by atoms with Crippen LogP contribution >= 0.6 is 11.8 Å². The van der Waals surface area contributed by atoms with Crippen molar-refractivity contribution < 1.29 is 13.2 Å². The number of thioether (sulfide) groups is 1. The fourth-order valence-electron chi connectivity index (χ4n) is 3.13. The van der Waals surface area contributed by atoms with E-state index in [1.165, 1.54) is 11.8 Å². The van der Waals surface area contributed by atoms with Gasteiger partial charge in [0.1, 0.15) is 11.1 Å². The molecule has 0 aliphatic carbocycles. The highest BCUT2D eigenvalue weighted by Crippen LogP contribution is 2.25. The average Bonchev–Trinajstić information content (AvgIpc) is 2.89. The van der Waals surface area contributed by atoms with Crippen molar-refractivity contribution in [1.29, 1.82) is 5.26 Å². The number of rotatable bonds is 6. The number of amides is 1. The van der Waals surface area contributed by atoms with Gasteiger partial charge in [0, 0.05) is 18.3 Å². The second-order valence-corrected chi connectivity index (χ2v) is 10.4. The third kappa shape index (κ3) is 5.21. The Balaban J connectivity index is 2.14. The maximum Gasteiger partial charge on any atom is 0.233 e. The number of nitriles is 1. The average molecular weight is 396 g/mol. The molecule has 8 heteroatoms. The summed E-state index contributed by atoms with van der Waals surface area (Å²) in [6.07, 6.45) is 0.497. The van der Waals surface area contributed by atoms with Crippen LogP contribution in [-0.4, -0.2) is 54.1 Å². The highest BCUT2D eigenvalue weighted by molar-refractivity contribution is 8.00. The Labute approximate surface area is 159 Å². The zero-order valence-electron chi connectivity index (χ0n) is 15.7. The predicted molar refractivity (Wildman–Crippen MR) is 103 cm³/mol. The van der Waals surface area contributed by atoms with Crippen molar-refractivity contribution in [3.63, 3.8) is 0 Å². The van der Waals surface area contributed by atoms with E-state index in [1.807, 2.05) is 33.8 Å². The van der Waals surface area contributed by atoms with Crippen molar-refractivity contribution in [2.75, 3.05) is 23.8 Å². The predicted octanol–water partition coefficient (Wildman–Crippen LogP) is 2.33. The Morgan fingerprint density at radius 1 is 1.46 bits per heavy atom. The molecule has 0 aromatic carbocycles. The molecule has 0 unspecified atom stereocenters. The van der Waals surface area contributed by atoms with Crippen LogP contribution in [0.25, 0.3) is 0 Å². The molecule has 2 rings (SSSR count). The first-order chi connectivity index (χ1) is 12.1. The third-order valence-electron chi connectivity index (χ3n) is 4.29. The van der Waals surface area contributed by atoms with E-state index in [1.54, 1.807) is 4.90 Å². The molecule has 2 heterocycles. The van der Waals surface area contributed by atoms with E-state index in [0.717, 1.165) is 11.3 Å². The molecule has 1 aromatic heterocycles. The summed E-state index contributed by atoms with van der Waals surface area (Å²) in [5, 5.41) is 9.91. The first-order valence-electron chi connectivity index (χ1n) is 8.64. The number of aryl methyl sites for hydroxylation is 2. The molecule has 1 aliphatic heterocycles. The Kier molecular flexibility index (Phi) is 6.69. The quantitative estimate of drug-likeness (QED) is 0.687.